The van der Waals surface area contributed by atoms with Gasteiger partial charge in [0.2, 0.25) is 0 Å². The summed E-state index contributed by atoms with van der Waals surface area (Å²) < 4.78 is 17.9. The van der Waals surface area contributed by atoms with Crippen LogP contribution in [0.3, 0.4) is 0 Å². The Kier molecular flexibility index (Phi) is 4.02. The summed E-state index contributed by atoms with van der Waals surface area (Å²) in [5.41, 5.74) is 6.56. The van der Waals surface area contributed by atoms with E-state index in [1.807, 2.05) is 0 Å². The van der Waals surface area contributed by atoms with Crippen molar-refractivity contribution in [1.82, 2.24) is 0 Å². The zero-order valence-electron chi connectivity index (χ0n) is 9.90. The molecular formula is C14H11ClFNO2. The molecule has 0 heterocycles. The molecule has 2 N–H and O–H groups in total. The summed E-state index contributed by atoms with van der Waals surface area (Å²) in [5.74, 6) is -1.08. The third kappa shape index (κ3) is 3.45. The molecule has 0 aliphatic rings. The second kappa shape index (κ2) is 5.71. The Balaban J connectivity index is 2.03. The smallest absolute Gasteiger partial charge is 0.340 e. The zero-order chi connectivity index (χ0) is 13.8. The van der Waals surface area contributed by atoms with Gasteiger partial charge in [0, 0.05) is 10.7 Å². The molecule has 2 rings (SSSR count). The Bertz CT molecular complexity index is 599. The maximum absolute atomic E-state index is 12.9. The van der Waals surface area contributed by atoms with Crippen molar-refractivity contribution in [2.75, 3.05) is 5.73 Å². The van der Waals surface area contributed by atoms with Crippen molar-refractivity contribution in [3.8, 4) is 0 Å². The summed E-state index contributed by atoms with van der Waals surface area (Å²) in [6.07, 6.45) is 0. The molecule has 2 aromatic carbocycles. The quantitative estimate of drug-likeness (QED) is 0.692. The maximum Gasteiger partial charge on any atom is 0.340 e. The van der Waals surface area contributed by atoms with E-state index < -0.39 is 11.8 Å². The number of benzene rings is 2. The van der Waals surface area contributed by atoms with Crippen molar-refractivity contribution >= 4 is 23.3 Å². The number of carbonyl (C=O) groups excluding carboxylic acids is 1. The van der Waals surface area contributed by atoms with Crippen LogP contribution in [0, 0.1) is 5.82 Å². The number of hydrogen-bond donors (Lipinski definition) is 1. The summed E-state index contributed by atoms with van der Waals surface area (Å²) in [5, 5.41) is 0.609. The summed E-state index contributed by atoms with van der Waals surface area (Å²) >= 11 is 5.75. The molecule has 19 heavy (non-hydrogen) atoms. The van der Waals surface area contributed by atoms with Crippen LogP contribution in [-0.4, -0.2) is 5.97 Å². The maximum atomic E-state index is 12.9. The number of halogens is 2. The minimum absolute atomic E-state index is 0.0566. The zero-order valence-corrected chi connectivity index (χ0v) is 10.7. The van der Waals surface area contributed by atoms with E-state index in [-0.39, 0.29) is 17.9 Å². The van der Waals surface area contributed by atoms with Crippen LogP contribution in [0.5, 0.6) is 0 Å². The Morgan fingerprint density at radius 2 is 1.89 bits per heavy atom. The van der Waals surface area contributed by atoms with Crippen molar-refractivity contribution in [3.05, 3.63) is 64.4 Å². The van der Waals surface area contributed by atoms with Gasteiger partial charge >= 0.3 is 5.97 Å². The van der Waals surface area contributed by atoms with Gasteiger partial charge in [0.15, 0.2) is 0 Å². The standard InChI is InChI=1S/C14H11ClFNO2/c15-10-3-1-9(2-4-10)8-19-14(18)12-6-5-11(16)7-13(12)17/h1-7H,8,17H2. The normalized spacial score (nSPS) is 10.2. The summed E-state index contributed by atoms with van der Waals surface area (Å²) in [7, 11) is 0. The van der Waals surface area contributed by atoms with Crippen molar-refractivity contribution in [1.29, 1.82) is 0 Å². The minimum atomic E-state index is -0.590. The number of anilines is 1. The fourth-order valence-corrected chi connectivity index (χ4v) is 1.65. The lowest BCUT2D eigenvalue weighted by Crippen LogP contribution is -2.08. The monoisotopic (exact) mass is 279 g/mol. The van der Waals surface area contributed by atoms with Crippen LogP contribution in [0.25, 0.3) is 0 Å². The van der Waals surface area contributed by atoms with Gasteiger partial charge in [-0.1, -0.05) is 23.7 Å². The van der Waals surface area contributed by atoms with Crippen LogP contribution in [0.2, 0.25) is 5.02 Å². The van der Waals surface area contributed by atoms with Gasteiger partial charge in [-0.2, -0.15) is 0 Å². The molecule has 3 nitrogen and oxygen atoms in total. The molecule has 0 amide bonds. The van der Waals surface area contributed by atoms with Crippen LogP contribution in [-0.2, 0) is 11.3 Å². The lowest BCUT2D eigenvalue weighted by molar-refractivity contribution is 0.0474. The predicted molar refractivity (Wildman–Crippen MR) is 71.4 cm³/mol. The highest BCUT2D eigenvalue weighted by molar-refractivity contribution is 6.30. The van der Waals surface area contributed by atoms with Crippen LogP contribution < -0.4 is 5.73 Å². The molecule has 0 bridgehead atoms. The molecule has 0 unspecified atom stereocenters. The number of rotatable bonds is 3. The highest BCUT2D eigenvalue weighted by atomic mass is 35.5. The van der Waals surface area contributed by atoms with Crippen molar-refractivity contribution in [3.63, 3.8) is 0 Å². The van der Waals surface area contributed by atoms with Crippen LogP contribution in [0.4, 0.5) is 10.1 Å². The fourth-order valence-electron chi connectivity index (χ4n) is 1.53. The average molecular weight is 280 g/mol. The molecule has 0 saturated carbocycles. The fraction of sp³-hybridized carbons (Fsp3) is 0.0714. The Morgan fingerprint density at radius 3 is 2.53 bits per heavy atom. The van der Waals surface area contributed by atoms with Crippen LogP contribution >= 0.6 is 11.6 Å². The molecule has 0 spiro atoms. The van der Waals surface area contributed by atoms with E-state index in [0.717, 1.165) is 17.7 Å². The first-order chi connectivity index (χ1) is 9.06. The Hall–Kier alpha value is -2.07. The van der Waals surface area contributed by atoms with E-state index in [2.05, 4.69) is 0 Å². The number of nitrogen functional groups attached to an aromatic ring is 1. The first-order valence-corrected chi connectivity index (χ1v) is 5.90. The van der Waals surface area contributed by atoms with E-state index in [9.17, 15) is 9.18 Å². The second-order valence-corrected chi connectivity index (χ2v) is 4.37. The summed E-state index contributed by atoms with van der Waals surface area (Å²) in [6.45, 7) is 0.104. The van der Waals surface area contributed by atoms with Crippen LogP contribution in [0.15, 0.2) is 42.5 Å². The SMILES string of the molecule is Nc1cc(F)ccc1C(=O)OCc1ccc(Cl)cc1. The third-order valence-electron chi connectivity index (χ3n) is 2.52. The molecule has 98 valence electrons. The van der Waals surface area contributed by atoms with Crippen molar-refractivity contribution in [2.45, 2.75) is 6.61 Å². The van der Waals surface area contributed by atoms with Crippen molar-refractivity contribution < 1.29 is 13.9 Å². The predicted octanol–water partition coefficient (Wildman–Crippen LogP) is 3.42. The van der Waals surface area contributed by atoms with E-state index >= 15 is 0 Å². The van der Waals surface area contributed by atoms with Gasteiger partial charge < -0.3 is 10.5 Å². The van der Waals surface area contributed by atoms with Gasteiger partial charge in [-0.15, -0.1) is 0 Å². The topological polar surface area (TPSA) is 52.3 Å². The molecule has 2 aromatic rings. The number of nitrogens with two attached hydrogens (primary N) is 1. The highest BCUT2D eigenvalue weighted by Crippen LogP contribution is 2.16. The largest absolute Gasteiger partial charge is 0.457 e. The summed E-state index contributed by atoms with van der Waals surface area (Å²) in [6, 6.07) is 10.5. The van der Waals surface area contributed by atoms with E-state index in [1.165, 1.54) is 6.07 Å². The van der Waals surface area contributed by atoms with E-state index in [0.29, 0.717) is 5.02 Å². The molecule has 0 saturated heterocycles. The Labute approximate surface area is 114 Å². The second-order valence-electron chi connectivity index (χ2n) is 3.93. The lowest BCUT2D eigenvalue weighted by atomic mass is 10.2. The molecule has 0 radical (unpaired) electrons. The molecular weight excluding hydrogens is 269 g/mol. The van der Waals surface area contributed by atoms with Crippen molar-refractivity contribution in [2.24, 2.45) is 0 Å². The number of esters is 1. The first-order valence-electron chi connectivity index (χ1n) is 5.53. The Morgan fingerprint density at radius 1 is 1.21 bits per heavy atom. The lowest BCUT2D eigenvalue weighted by Gasteiger charge is -2.07. The molecule has 0 atom stereocenters. The van der Waals surface area contributed by atoms with Gasteiger partial charge in [-0.3, -0.25) is 0 Å². The third-order valence-corrected chi connectivity index (χ3v) is 2.77. The van der Waals surface area contributed by atoms with E-state index in [1.54, 1.807) is 24.3 Å². The average Bonchev–Trinajstić information content (AvgIpc) is 2.37. The van der Waals surface area contributed by atoms with Gasteiger partial charge in [-0.25, -0.2) is 9.18 Å². The van der Waals surface area contributed by atoms with Crippen LogP contribution in [0.1, 0.15) is 15.9 Å². The molecule has 0 aliphatic carbocycles. The molecule has 0 fully saturated rings. The first kappa shape index (κ1) is 13.4. The van der Waals surface area contributed by atoms with Gasteiger partial charge in [0.1, 0.15) is 12.4 Å². The number of ether oxygens (including phenoxy) is 1. The van der Waals surface area contributed by atoms with Gasteiger partial charge in [0.05, 0.1) is 5.56 Å². The number of carbonyl (C=O) groups is 1. The molecule has 0 aromatic heterocycles. The van der Waals surface area contributed by atoms with E-state index in [4.69, 9.17) is 22.1 Å². The van der Waals surface area contributed by atoms with Gasteiger partial charge in [0.25, 0.3) is 0 Å². The molecule has 5 heteroatoms. The van der Waals surface area contributed by atoms with Gasteiger partial charge in [-0.05, 0) is 35.9 Å². The summed E-state index contributed by atoms with van der Waals surface area (Å²) in [4.78, 5) is 11.8. The minimum Gasteiger partial charge on any atom is -0.457 e. The molecule has 0 aliphatic heterocycles. The highest BCUT2D eigenvalue weighted by Gasteiger charge is 2.11. The number of hydrogen-bond acceptors (Lipinski definition) is 3.